The highest BCUT2D eigenvalue weighted by atomic mass is 35.5. The van der Waals surface area contributed by atoms with Crippen LogP contribution >= 0.6 is 11.6 Å². The normalized spacial score (nSPS) is 10.4. The van der Waals surface area contributed by atoms with Crippen LogP contribution < -0.4 is 5.32 Å². The van der Waals surface area contributed by atoms with E-state index in [9.17, 15) is 22.4 Å². The van der Waals surface area contributed by atoms with E-state index in [2.05, 4.69) is 4.98 Å². The Morgan fingerprint density at radius 2 is 1.65 bits per heavy atom. The molecule has 0 unspecified atom stereocenters. The summed E-state index contributed by atoms with van der Waals surface area (Å²) in [5.74, 6) is -5.68. The van der Waals surface area contributed by atoms with Crippen molar-refractivity contribution in [1.82, 2.24) is 4.98 Å². The van der Waals surface area contributed by atoms with Crippen molar-refractivity contribution in [3.8, 4) is 0 Å². The van der Waals surface area contributed by atoms with Crippen LogP contribution in [0.3, 0.4) is 0 Å². The molecular formula is C12H5ClF4N2O. The first-order chi connectivity index (χ1) is 9.38. The number of carbonyl (C=O) groups excluding carboxylic acids is 1. The van der Waals surface area contributed by atoms with Crippen LogP contribution in [0, 0.1) is 23.3 Å². The summed E-state index contributed by atoms with van der Waals surface area (Å²) in [4.78, 5) is 15.1. The Labute approximate surface area is 115 Å². The van der Waals surface area contributed by atoms with Gasteiger partial charge in [0.15, 0.2) is 11.6 Å². The number of benzene rings is 1. The number of halogens is 5. The van der Waals surface area contributed by atoms with Gasteiger partial charge in [-0.3, -0.25) is 4.79 Å². The highest BCUT2D eigenvalue weighted by Crippen LogP contribution is 2.22. The molecule has 1 amide bonds. The van der Waals surface area contributed by atoms with E-state index in [0.717, 1.165) is 12.3 Å². The van der Waals surface area contributed by atoms with Gasteiger partial charge in [-0.1, -0.05) is 11.6 Å². The summed E-state index contributed by atoms with van der Waals surface area (Å²) in [7, 11) is 0. The van der Waals surface area contributed by atoms with Crippen molar-refractivity contribution in [2.75, 3.05) is 5.32 Å². The van der Waals surface area contributed by atoms with E-state index < -0.39 is 40.4 Å². The molecule has 3 nitrogen and oxygen atoms in total. The van der Waals surface area contributed by atoms with Gasteiger partial charge in [0.25, 0.3) is 5.91 Å². The topological polar surface area (TPSA) is 42.0 Å². The molecule has 0 saturated heterocycles. The SMILES string of the molecule is O=C(Nc1c(F)cc(F)cc1F)c1cc(F)cnc1Cl. The molecule has 1 N–H and O–H groups in total. The molecule has 1 aromatic heterocycles. The van der Waals surface area contributed by atoms with Crippen molar-refractivity contribution >= 4 is 23.2 Å². The molecule has 8 heteroatoms. The number of hydrogen-bond donors (Lipinski definition) is 1. The highest BCUT2D eigenvalue weighted by molar-refractivity contribution is 6.33. The zero-order chi connectivity index (χ0) is 14.9. The lowest BCUT2D eigenvalue weighted by Gasteiger charge is -2.08. The van der Waals surface area contributed by atoms with E-state index in [-0.39, 0.29) is 5.15 Å². The van der Waals surface area contributed by atoms with Crippen LogP contribution in [-0.2, 0) is 0 Å². The second-order valence-corrected chi connectivity index (χ2v) is 4.05. The molecule has 0 saturated carbocycles. The zero-order valence-corrected chi connectivity index (χ0v) is 10.3. The number of amides is 1. The van der Waals surface area contributed by atoms with Crippen LogP contribution in [0.15, 0.2) is 24.4 Å². The Morgan fingerprint density at radius 3 is 2.25 bits per heavy atom. The standard InChI is InChI=1S/C12H5ClF4N2O/c13-11-7(1-6(15)4-18-11)12(20)19-10-8(16)2-5(14)3-9(10)17/h1-4H,(H,19,20). The molecule has 0 radical (unpaired) electrons. The number of aromatic nitrogens is 1. The molecule has 0 aliphatic carbocycles. The van der Waals surface area contributed by atoms with Crippen molar-refractivity contribution in [2.45, 2.75) is 0 Å². The monoisotopic (exact) mass is 304 g/mol. The maximum Gasteiger partial charge on any atom is 0.259 e. The molecule has 2 rings (SSSR count). The van der Waals surface area contributed by atoms with E-state index in [0.29, 0.717) is 12.1 Å². The molecule has 0 bridgehead atoms. The summed E-state index contributed by atoms with van der Waals surface area (Å²) in [6.07, 6.45) is 0.776. The fraction of sp³-hybridized carbons (Fsp3) is 0. The second kappa shape index (κ2) is 5.46. The number of hydrogen-bond acceptors (Lipinski definition) is 2. The summed E-state index contributed by atoms with van der Waals surface area (Å²) in [5, 5.41) is 1.50. The van der Waals surface area contributed by atoms with Crippen molar-refractivity contribution in [3.05, 3.63) is 58.4 Å². The summed E-state index contributed by atoms with van der Waals surface area (Å²) in [5.41, 5.74) is -1.27. The van der Waals surface area contributed by atoms with Crippen molar-refractivity contribution in [3.63, 3.8) is 0 Å². The van der Waals surface area contributed by atoms with Crippen molar-refractivity contribution < 1.29 is 22.4 Å². The van der Waals surface area contributed by atoms with Crippen LogP contribution in [0.4, 0.5) is 23.2 Å². The third-order valence-electron chi connectivity index (χ3n) is 2.30. The van der Waals surface area contributed by atoms with E-state index in [1.807, 2.05) is 5.32 Å². The number of rotatable bonds is 2. The van der Waals surface area contributed by atoms with Crippen molar-refractivity contribution in [2.24, 2.45) is 0 Å². The van der Waals surface area contributed by atoms with E-state index in [4.69, 9.17) is 11.6 Å². The minimum atomic E-state index is -1.31. The summed E-state index contributed by atoms with van der Waals surface area (Å²) in [6.45, 7) is 0. The average Bonchev–Trinajstić information content (AvgIpc) is 2.36. The Balaban J connectivity index is 2.35. The van der Waals surface area contributed by atoms with Gasteiger partial charge in [0, 0.05) is 12.1 Å². The first kappa shape index (κ1) is 14.3. The van der Waals surface area contributed by atoms with Gasteiger partial charge < -0.3 is 5.32 Å². The molecule has 1 aromatic carbocycles. The molecular weight excluding hydrogens is 300 g/mol. The lowest BCUT2D eigenvalue weighted by Crippen LogP contribution is -2.15. The predicted molar refractivity (Wildman–Crippen MR) is 63.5 cm³/mol. The van der Waals surface area contributed by atoms with Gasteiger partial charge in [0.1, 0.15) is 22.5 Å². The Kier molecular flexibility index (Phi) is 3.89. The molecule has 0 atom stereocenters. The maximum absolute atomic E-state index is 13.3. The molecule has 2 aromatic rings. The number of carbonyl (C=O) groups is 1. The summed E-state index contributed by atoms with van der Waals surface area (Å²) >= 11 is 5.58. The summed E-state index contributed by atoms with van der Waals surface area (Å²) in [6, 6.07) is 1.54. The quantitative estimate of drug-likeness (QED) is 0.681. The third kappa shape index (κ3) is 2.88. The Bertz CT molecular complexity index is 670. The predicted octanol–water partition coefficient (Wildman–Crippen LogP) is 3.54. The number of nitrogens with one attached hydrogen (secondary N) is 1. The maximum atomic E-state index is 13.3. The van der Waals surface area contributed by atoms with E-state index >= 15 is 0 Å². The fourth-order valence-electron chi connectivity index (χ4n) is 1.42. The number of pyridine rings is 1. The fourth-order valence-corrected chi connectivity index (χ4v) is 1.61. The molecule has 1 heterocycles. The lowest BCUT2D eigenvalue weighted by atomic mass is 10.2. The Morgan fingerprint density at radius 1 is 1.05 bits per heavy atom. The molecule has 0 aliphatic heterocycles. The first-order valence-corrected chi connectivity index (χ1v) is 5.53. The summed E-state index contributed by atoms with van der Waals surface area (Å²) < 4.78 is 52.4. The van der Waals surface area contributed by atoms with Gasteiger partial charge in [0.05, 0.1) is 11.8 Å². The smallest absolute Gasteiger partial charge is 0.259 e. The number of anilines is 1. The molecule has 0 aliphatic rings. The molecule has 0 fully saturated rings. The van der Waals surface area contributed by atoms with Crippen LogP contribution in [0.1, 0.15) is 10.4 Å². The van der Waals surface area contributed by atoms with Gasteiger partial charge in [-0.25, -0.2) is 22.5 Å². The second-order valence-electron chi connectivity index (χ2n) is 3.69. The first-order valence-electron chi connectivity index (χ1n) is 5.15. The van der Waals surface area contributed by atoms with Gasteiger partial charge in [-0.05, 0) is 6.07 Å². The van der Waals surface area contributed by atoms with E-state index in [1.165, 1.54) is 0 Å². The molecule has 0 spiro atoms. The molecule has 20 heavy (non-hydrogen) atoms. The van der Waals surface area contributed by atoms with Gasteiger partial charge in [-0.15, -0.1) is 0 Å². The van der Waals surface area contributed by atoms with Gasteiger partial charge in [-0.2, -0.15) is 0 Å². The minimum absolute atomic E-state index is 0.341. The zero-order valence-electron chi connectivity index (χ0n) is 9.55. The third-order valence-corrected chi connectivity index (χ3v) is 2.60. The van der Waals surface area contributed by atoms with Gasteiger partial charge >= 0.3 is 0 Å². The largest absolute Gasteiger partial charge is 0.317 e. The highest BCUT2D eigenvalue weighted by Gasteiger charge is 2.18. The molecule has 104 valence electrons. The van der Waals surface area contributed by atoms with Gasteiger partial charge in [0.2, 0.25) is 0 Å². The van der Waals surface area contributed by atoms with Crippen LogP contribution in [0.5, 0.6) is 0 Å². The lowest BCUT2D eigenvalue weighted by molar-refractivity contribution is 0.102. The average molecular weight is 305 g/mol. The van der Waals surface area contributed by atoms with Crippen LogP contribution in [0.25, 0.3) is 0 Å². The number of nitrogens with zero attached hydrogens (tertiary/aromatic N) is 1. The Hall–Kier alpha value is -2.15. The van der Waals surface area contributed by atoms with E-state index in [1.54, 1.807) is 0 Å². The minimum Gasteiger partial charge on any atom is -0.317 e. The van der Waals surface area contributed by atoms with Crippen molar-refractivity contribution in [1.29, 1.82) is 0 Å². The van der Waals surface area contributed by atoms with Crippen LogP contribution in [-0.4, -0.2) is 10.9 Å². The van der Waals surface area contributed by atoms with Crippen LogP contribution in [0.2, 0.25) is 5.15 Å².